The van der Waals surface area contributed by atoms with E-state index in [0.717, 1.165) is 41.0 Å². The Morgan fingerprint density at radius 3 is 3.12 bits per heavy atom. The summed E-state index contributed by atoms with van der Waals surface area (Å²) >= 11 is 1.38. The van der Waals surface area contributed by atoms with Crippen LogP contribution in [-0.4, -0.2) is 35.1 Å². The standard InChI is InChI=1S/C18H20N4O3S/c1-11-14-16(19-8-12-4-2-6-24-12)21-10-22-18(14)26-15(11)17(23)20-9-13-5-3-7-25-13/h2,4,6,10,13H,3,5,7-9H2,1H3,(H,20,23)(H,19,21,22)/t13-/m0/s1. The number of aromatic nitrogens is 2. The fourth-order valence-corrected chi connectivity index (χ4v) is 4.16. The molecule has 26 heavy (non-hydrogen) atoms. The number of hydrogen-bond donors (Lipinski definition) is 2. The summed E-state index contributed by atoms with van der Waals surface area (Å²) in [6.07, 6.45) is 5.33. The lowest BCUT2D eigenvalue weighted by Gasteiger charge is -2.10. The maximum Gasteiger partial charge on any atom is 0.261 e. The highest BCUT2D eigenvalue weighted by Gasteiger charge is 2.21. The molecule has 1 aliphatic heterocycles. The second-order valence-corrected chi connectivity index (χ2v) is 7.24. The number of nitrogens with zero attached hydrogens (tertiary/aromatic N) is 2. The Morgan fingerprint density at radius 2 is 2.35 bits per heavy atom. The highest BCUT2D eigenvalue weighted by atomic mass is 32.1. The molecule has 3 aromatic rings. The van der Waals surface area contributed by atoms with Crippen LogP contribution in [0, 0.1) is 6.92 Å². The van der Waals surface area contributed by atoms with Crippen molar-refractivity contribution in [1.82, 2.24) is 15.3 Å². The lowest BCUT2D eigenvalue weighted by Crippen LogP contribution is -2.31. The molecule has 0 saturated carbocycles. The summed E-state index contributed by atoms with van der Waals surface area (Å²) in [5.74, 6) is 1.44. The van der Waals surface area contributed by atoms with Gasteiger partial charge in [0.25, 0.3) is 5.91 Å². The Morgan fingerprint density at radius 1 is 1.42 bits per heavy atom. The van der Waals surface area contributed by atoms with Crippen LogP contribution in [0.25, 0.3) is 10.2 Å². The van der Waals surface area contributed by atoms with Crippen molar-refractivity contribution < 1.29 is 13.9 Å². The van der Waals surface area contributed by atoms with E-state index in [1.54, 1.807) is 6.26 Å². The maximum absolute atomic E-state index is 12.6. The fraction of sp³-hybridized carbons (Fsp3) is 0.389. The first kappa shape index (κ1) is 17.0. The van der Waals surface area contributed by atoms with Crippen molar-refractivity contribution in [2.24, 2.45) is 0 Å². The number of furan rings is 1. The summed E-state index contributed by atoms with van der Waals surface area (Å²) < 4.78 is 10.9. The molecule has 0 spiro atoms. The molecular formula is C18H20N4O3S. The van der Waals surface area contributed by atoms with Crippen LogP contribution >= 0.6 is 11.3 Å². The van der Waals surface area contributed by atoms with Crippen LogP contribution in [0.5, 0.6) is 0 Å². The van der Waals surface area contributed by atoms with E-state index in [1.807, 2.05) is 19.1 Å². The first-order valence-electron chi connectivity index (χ1n) is 8.62. The lowest BCUT2D eigenvalue weighted by molar-refractivity contribution is 0.0860. The van der Waals surface area contributed by atoms with Crippen molar-refractivity contribution in [3.05, 3.63) is 40.9 Å². The molecule has 1 aliphatic rings. The molecule has 1 amide bonds. The number of thiophene rings is 1. The number of hydrogen-bond acceptors (Lipinski definition) is 7. The molecule has 0 aromatic carbocycles. The predicted octanol–water partition coefficient (Wildman–Crippen LogP) is 3.11. The number of carbonyl (C=O) groups is 1. The van der Waals surface area contributed by atoms with Crippen LogP contribution in [0.3, 0.4) is 0 Å². The van der Waals surface area contributed by atoms with Gasteiger partial charge in [0.15, 0.2) is 0 Å². The van der Waals surface area contributed by atoms with Crippen LogP contribution in [0.4, 0.5) is 5.82 Å². The molecule has 0 bridgehead atoms. The number of nitrogens with one attached hydrogen (secondary N) is 2. The van der Waals surface area contributed by atoms with Gasteiger partial charge in [-0.05, 0) is 37.5 Å². The minimum absolute atomic E-state index is 0.0852. The summed E-state index contributed by atoms with van der Waals surface area (Å²) in [6.45, 7) is 3.78. The number of anilines is 1. The Kier molecular flexibility index (Phi) is 4.85. The summed E-state index contributed by atoms with van der Waals surface area (Å²) in [5.41, 5.74) is 0.886. The summed E-state index contributed by atoms with van der Waals surface area (Å²) in [6, 6.07) is 3.74. The topological polar surface area (TPSA) is 89.3 Å². The molecule has 0 unspecified atom stereocenters. The normalized spacial score (nSPS) is 16.9. The van der Waals surface area contributed by atoms with E-state index in [9.17, 15) is 4.79 Å². The van der Waals surface area contributed by atoms with E-state index in [2.05, 4.69) is 20.6 Å². The van der Waals surface area contributed by atoms with E-state index >= 15 is 0 Å². The molecule has 8 heteroatoms. The number of ether oxygens (including phenoxy) is 1. The molecule has 2 N–H and O–H groups in total. The van der Waals surface area contributed by atoms with Crippen LogP contribution < -0.4 is 10.6 Å². The molecule has 0 radical (unpaired) electrons. The zero-order valence-corrected chi connectivity index (χ0v) is 15.3. The maximum atomic E-state index is 12.6. The zero-order chi connectivity index (χ0) is 17.9. The molecule has 4 rings (SSSR count). The molecule has 1 atom stereocenters. The Labute approximate surface area is 154 Å². The second-order valence-electron chi connectivity index (χ2n) is 6.24. The smallest absolute Gasteiger partial charge is 0.261 e. The van der Waals surface area contributed by atoms with Crippen molar-refractivity contribution >= 4 is 33.3 Å². The fourth-order valence-electron chi connectivity index (χ4n) is 3.10. The van der Waals surface area contributed by atoms with Gasteiger partial charge in [-0.1, -0.05) is 0 Å². The van der Waals surface area contributed by atoms with Gasteiger partial charge < -0.3 is 19.8 Å². The third kappa shape index (κ3) is 3.42. The van der Waals surface area contributed by atoms with Crippen LogP contribution in [-0.2, 0) is 11.3 Å². The van der Waals surface area contributed by atoms with E-state index < -0.39 is 0 Å². The molecule has 1 saturated heterocycles. The molecular weight excluding hydrogens is 352 g/mol. The van der Waals surface area contributed by atoms with E-state index in [0.29, 0.717) is 23.8 Å². The van der Waals surface area contributed by atoms with Gasteiger partial charge in [-0.2, -0.15) is 0 Å². The van der Waals surface area contributed by atoms with Gasteiger partial charge in [-0.25, -0.2) is 9.97 Å². The molecule has 7 nitrogen and oxygen atoms in total. The number of amides is 1. The van der Waals surface area contributed by atoms with Crippen molar-refractivity contribution in [3.8, 4) is 0 Å². The molecule has 4 heterocycles. The zero-order valence-electron chi connectivity index (χ0n) is 14.4. The van der Waals surface area contributed by atoms with Crippen LogP contribution in [0.1, 0.15) is 33.8 Å². The summed E-state index contributed by atoms with van der Waals surface area (Å²) in [7, 11) is 0. The number of rotatable bonds is 6. The molecule has 1 fully saturated rings. The highest BCUT2D eigenvalue weighted by molar-refractivity contribution is 7.20. The molecule has 0 aliphatic carbocycles. The van der Waals surface area contributed by atoms with E-state index in [4.69, 9.17) is 9.15 Å². The van der Waals surface area contributed by atoms with Gasteiger partial charge in [-0.3, -0.25) is 4.79 Å². The third-order valence-electron chi connectivity index (χ3n) is 4.46. The summed E-state index contributed by atoms with van der Waals surface area (Å²) in [4.78, 5) is 22.7. The quantitative estimate of drug-likeness (QED) is 0.691. The van der Waals surface area contributed by atoms with Crippen molar-refractivity contribution in [1.29, 1.82) is 0 Å². The van der Waals surface area contributed by atoms with Gasteiger partial charge in [0, 0.05) is 13.2 Å². The minimum Gasteiger partial charge on any atom is -0.467 e. The van der Waals surface area contributed by atoms with Crippen molar-refractivity contribution in [3.63, 3.8) is 0 Å². The SMILES string of the molecule is Cc1c(C(=O)NC[C@@H]2CCCO2)sc2ncnc(NCc3ccco3)c12. The second kappa shape index (κ2) is 7.43. The van der Waals surface area contributed by atoms with Gasteiger partial charge in [0.1, 0.15) is 22.7 Å². The van der Waals surface area contributed by atoms with Gasteiger partial charge in [0.2, 0.25) is 0 Å². The average molecular weight is 372 g/mol. The average Bonchev–Trinajstić information content (AvgIpc) is 3.40. The minimum atomic E-state index is -0.0852. The van der Waals surface area contributed by atoms with Gasteiger partial charge in [0.05, 0.1) is 29.2 Å². The van der Waals surface area contributed by atoms with Crippen molar-refractivity contribution in [2.45, 2.75) is 32.4 Å². The number of carbonyl (C=O) groups excluding carboxylic acids is 1. The molecule has 3 aromatic heterocycles. The third-order valence-corrected chi connectivity index (χ3v) is 5.66. The summed E-state index contributed by atoms with van der Waals surface area (Å²) in [5, 5.41) is 7.13. The van der Waals surface area contributed by atoms with Crippen LogP contribution in [0.15, 0.2) is 29.1 Å². The molecule has 136 valence electrons. The van der Waals surface area contributed by atoms with Gasteiger partial charge in [-0.15, -0.1) is 11.3 Å². The van der Waals surface area contributed by atoms with Gasteiger partial charge >= 0.3 is 0 Å². The van der Waals surface area contributed by atoms with Crippen LogP contribution in [0.2, 0.25) is 0 Å². The largest absolute Gasteiger partial charge is 0.467 e. The van der Waals surface area contributed by atoms with E-state index in [-0.39, 0.29) is 12.0 Å². The monoisotopic (exact) mass is 372 g/mol. The van der Waals surface area contributed by atoms with E-state index in [1.165, 1.54) is 17.7 Å². The first-order valence-corrected chi connectivity index (χ1v) is 9.44. The lowest BCUT2D eigenvalue weighted by atomic mass is 10.2. The Bertz CT molecular complexity index is 901. The first-order chi connectivity index (χ1) is 12.7. The predicted molar refractivity (Wildman–Crippen MR) is 99.5 cm³/mol. The van der Waals surface area contributed by atoms with Crippen molar-refractivity contribution in [2.75, 3.05) is 18.5 Å². The number of aryl methyl sites for hydroxylation is 1. The number of fused-ring (bicyclic) bond motifs is 1. The Balaban J connectivity index is 1.53. The highest BCUT2D eigenvalue weighted by Crippen LogP contribution is 2.33. The Hall–Kier alpha value is -2.45.